The number of carbonyl (C=O) groups is 2. The number of likely N-dealkylation sites (N-methyl/N-ethyl adjacent to an activating group) is 1. The van der Waals surface area contributed by atoms with Crippen LogP contribution >= 0.6 is 27.3 Å². The minimum atomic E-state index is -0.236. The Bertz CT molecular complexity index is 541. The summed E-state index contributed by atoms with van der Waals surface area (Å²) >= 11 is 5.16. The summed E-state index contributed by atoms with van der Waals surface area (Å²) in [6, 6.07) is 2.00. The summed E-state index contributed by atoms with van der Waals surface area (Å²) in [5.41, 5.74) is 0.990. The molecule has 1 aliphatic heterocycles. The minimum Gasteiger partial charge on any atom is -0.333 e. The van der Waals surface area contributed by atoms with E-state index >= 15 is 0 Å². The molecule has 2 rings (SSSR count). The molecule has 0 N–H and O–H groups in total. The summed E-state index contributed by atoms with van der Waals surface area (Å²) in [4.78, 5) is 28.3. The van der Waals surface area contributed by atoms with E-state index in [9.17, 15) is 9.59 Å². The number of aryl methyl sites for hydroxylation is 1. The fourth-order valence-electron chi connectivity index (χ4n) is 2.25. The van der Waals surface area contributed by atoms with Gasteiger partial charge in [0.1, 0.15) is 6.54 Å². The van der Waals surface area contributed by atoms with Crippen LogP contribution in [0.5, 0.6) is 0 Å². The fraction of sp³-hybridized carbons (Fsp3) is 0.429. The molecule has 20 heavy (non-hydrogen) atoms. The molecule has 108 valence electrons. The van der Waals surface area contributed by atoms with Crippen LogP contribution in [0.15, 0.2) is 22.5 Å². The molecule has 2 amide bonds. The van der Waals surface area contributed by atoms with Gasteiger partial charge in [-0.2, -0.15) is 0 Å². The average molecular weight is 357 g/mol. The van der Waals surface area contributed by atoms with Gasteiger partial charge >= 0.3 is 0 Å². The van der Waals surface area contributed by atoms with Gasteiger partial charge in [-0.1, -0.05) is 6.58 Å². The molecular weight excluding hydrogens is 340 g/mol. The van der Waals surface area contributed by atoms with Gasteiger partial charge in [-0.25, -0.2) is 0 Å². The average Bonchev–Trinajstić information content (AvgIpc) is 2.67. The molecular formula is C14H17BrN2O2S. The van der Waals surface area contributed by atoms with Gasteiger partial charge in [0, 0.05) is 18.5 Å². The Kier molecular flexibility index (Phi) is 4.99. The van der Waals surface area contributed by atoms with Crippen molar-refractivity contribution in [2.45, 2.75) is 19.3 Å². The molecule has 2 heterocycles. The van der Waals surface area contributed by atoms with Gasteiger partial charge in [0.2, 0.25) is 11.8 Å². The first kappa shape index (κ1) is 15.3. The van der Waals surface area contributed by atoms with Crippen LogP contribution in [-0.2, 0) is 16.0 Å². The van der Waals surface area contributed by atoms with Crippen LogP contribution in [0.4, 0.5) is 5.69 Å². The fourth-order valence-corrected chi connectivity index (χ4v) is 3.98. The molecule has 4 nitrogen and oxygen atoms in total. The van der Waals surface area contributed by atoms with E-state index in [0.29, 0.717) is 6.54 Å². The van der Waals surface area contributed by atoms with Crippen molar-refractivity contribution in [3.63, 3.8) is 0 Å². The summed E-state index contributed by atoms with van der Waals surface area (Å²) < 4.78 is 1.04. The van der Waals surface area contributed by atoms with Gasteiger partial charge in [-0.3, -0.25) is 9.59 Å². The highest BCUT2D eigenvalue weighted by Gasteiger charge is 2.24. The smallest absolute Gasteiger partial charge is 0.246 e. The Morgan fingerprint density at radius 2 is 2.30 bits per heavy atom. The number of amides is 2. The zero-order valence-corrected chi connectivity index (χ0v) is 13.8. The number of carbonyl (C=O) groups excluding carboxylic acids is 2. The Balaban J connectivity index is 2.17. The Morgan fingerprint density at radius 1 is 1.55 bits per heavy atom. The lowest BCUT2D eigenvalue weighted by Crippen LogP contribution is -2.41. The number of fused-ring (bicyclic) bond motifs is 1. The second kappa shape index (κ2) is 6.54. The number of nitrogens with zero attached hydrogens (tertiary/aromatic N) is 2. The van der Waals surface area contributed by atoms with Crippen molar-refractivity contribution in [2.75, 3.05) is 25.0 Å². The number of hydrogen-bond acceptors (Lipinski definition) is 3. The van der Waals surface area contributed by atoms with Crippen molar-refractivity contribution in [2.24, 2.45) is 0 Å². The molecule has 0 fully saturated rings. The minimum absolute atomic E-state index is 0.0452. The van der Waals surface area contributed by atoms with Gasteiger partial charge in [0.15, 0.2) is 0 Å². The lowest BCUT2D eigenvalue weighted by Gasteiger charge is -2.24. The molecule has 1 aromatic rings. The number of rotatable bonds is 3. The zero-order valence-electron chi connectivity index (χ0n) is 11.4. The van der Waals surface area contributed by atoms with E-state index in [1.54, 1.807) is 23.3 Å². The normalized spacial score (nSPS) is 14.4. The molecule has 0 aromatic carbocycles. The monoisotopic (exact) mass is 356 g/mol. The summed E-state index contributed by atoms with van der Waals surface area (Å²) in [7, 11) is 1.62. The molecule has 0 unspecified atom stereocenters. The maximum absolute atomic E-state index is 12.4. The molecule has 6 heteroatoms. The van der Waals surface area contributed by atoms with Crippen LogP contribution in [0.3, 0.4) is 0 Å². The summed E-state index contributed by atoms with van der Waals surface area (Å²) in [6.45, 7) is 4.23. The number of halogens is 1. The third-order valence-corrected chi connectivity index (χ3v) is 4.99. The molecule has 1 aromatic heterocycles. The third-order valence-electron chi connectivity index (χ3n) is 3.31. The SMILES string of the molecule is C=CC(=O)N(C)CC(=O)N1CCCCc2sc(Br)cc21. The van der Waals surface area contributed by atoms with Crippen LogP contribution in [0.1, 0.15) is 17.7 Å². The van der Waals surface area contributed by atoms with E-state index in [-0.39, 0.29) is 18.4 Å². The van der Waals surface area contributed by atoms with Crippen molar-refractivity contribution >= 4 is 44.8 Å². The van der Waals surface area contributed by atoms with Gasteiger partial charge in [0.05, 0.1) is 9.47 Å². The summed E-state index contributed by atoms with van der Waals surface area (Å²) in [6.07, 6.45) is 4.31. The van der Waals surface area contributed by atoms with Crippen molar-refractivity contribution in [3.05, 3.63) is 27.4 Å². The highest BCUT2D eigenvalue weighted by atomic mass is 79.9. The molecule has 0 aliphatic carbocycles. The molecule has 0 saturated carbocycles. The Hall–Kier alpha value is -1.14. The quantitative estimate of drug-likeness (QED) is 0.781. The van der Waals surface area contributed by atoms with Crippen LogP contribution < -0.4 is 4.90 Å². The first-order valence-corrected chi connectivity index (χ1v) is 8.10. The summed E-state index contributed by atoms with van der Waals surface area (Å²) in [5, 5.41) is 0. The summed E-state index contributed by atoms with van der Waals surface area (Å²) in [5.74, 6) is -0.281. The zero-order chi connectivity index (χ0) is 14.7. The van der Waals surface area contributed by atoms with Gasteiger partial charge in [0.25, 0.3) is 0 Å². The van der Waals surface area contributed by atoms with Crippen LogP contribution in [0.2, 0.25) is 0 Å². The number of anilines is 1. The lowest BCUT2D eigenvalue weighted by molar-refractivity contribution is -0.130. The lowest BCUT2D eigenvalue weighted by atomic mass is 10.2. The standard InChI is InChI=1S/C14H17BrN2O2S/c1-3-13(18)16(2)9-14(19)17-7-5-4-6-11-10(17)8-12(15)20-11/h3,8H,1,4-7,9H2,2H3. The van der Waals surface area contributed by atoms with E-state index in [1.807, 2.05) is 6.07 Å². The highest BCUT2D eigenvalue weighted by Crippen LogP contribution is 2.37. The molecule has 0 bridgehead atoms. The van der Waals surface area contributed by atoms with Crippen LogP contribution in [0, 0.1) is 0 Å². The van der Waals surface area contributed by atoms with E-state index < -0.39 is 0 Å². The van der Waals surface area contributed by atoms with E-state index in [4.69, 9.17) is 0 Å². The second-order valence-electron chi connectivity index (χ2n) is 4.76. The van der Waals surface area contributed by atoms with Gasteiger partial charge < -0.3 is 9.80 Å². The maximum Gasteiger partial charge on any atom is 0.246 e. The maximum atomic E-state index is 12.4. The highest BCUT2D eigenvalue weighted by molar-refractivity contribution is 9.11. The molecule has 1 aliphatic rings. The molecule has 0 radical (unpaired) electrons. The van der Waals surface area contributed by atoms with Crippen LogP contribution in [-0.4, -0.2) is 36.9 Å². The first-order valence-electron chi connectivity index (χ1n) is 6.49. The van der Waals surface area contributed by atoms with E-state index in [0.717, 1.165) is 28.7 Å². The number of hydrogen-bond donors (Lipinski definition) is 0. The van der Waals surface area contributed by atoms with Gasteiger partial charge in [-0.15, -0.1) is 11.3 Å². The molecule has 0 spiro atoms. The Labute approximate surface area is 131 Å². The van der Waals surface area contributed by atoms with E-state index in [2.05, 4.69) is 22.5 Å². The Morgan fingerprint density at radius 3 is 3.00 bits per heavy atom. The second-order valence-corrected chi connectivity index (χ2v) is 7.28. The van der Waals surface area contributed by atoms with Crippen molar-refractivity contribution in [1.82, 2.24) is 4.90 Å². The van der Waals surface area contributed by atoms with Gasteiger partial charge in [-0.05, 0) is 47.3 Å². The first-order chi connectivity index (χ1) is 9.52. The predicted octanol–water partition coefficient (Wildman–Crippen LogP) is 2.82. The number of thiophene rings is 1. The van der Waals surface area contributed by atoms with E-state index in [1.165, 1.54) is 15.9 Å². The van der Waals surface area contributed by atoms with Crippen LogP contribution in [0.25, 0.3) is 0 Å². The molecule has 0 saturated heterocycles. The van der Waals surface area contributed by atoms with Crippen molar-refractivity contribution in [3.8, 4) is 0 Å². The van der Waals surface area contributed by atoms with Crippen molar-refractivity contribution in [1.29, 1.82) is 0 Å². The topological polar surface area (TPSA) is 40.6 Å². The van der Waals surface area contributed by atoms with Crippen molar-refractivity contribution < 1.29 is 9.59 Å². The third kappa shape index (κ3) is 3.30. The predicted molar refractivity (Wildman–Crippen MR) is 85.1 cm³/mol. The molecule has 0 atom stereocenters. The largest absolute Gasteiger partial charge is 0.333 e.